The Morgan fingerprint density at radius 2 is 2.64 bits per heavy atom. The minimum atomic E-state index is -0.408. The van der Waals surface area contributed by atoms with E-state index in [4.69, 9.17) is 10.5 Å². The number of esters is 1. The fraction of sp³-hybridized carbons (Fsp3) is 0.333. The minimum Gasteiger partial charge on any atom is -0.461 e. The Balaban J connectivity index is 2.69. The number of nitrogen functional groups attached to an aromatic ring is 1. The van der Waals surface area contributed by atoms with Crippen molar-refractivity contribution < 1.29 is 9.53 Å². The van der Waals surface area contributed by atoms with Crippen LogP contribution in [0.1, 0.15) is 16.7 Å². The van der Waals surface area contributed by atoms with Crippen molar-refractivity contribution in [2.24, 2.45) is 0 Å². The van der Waals surface area contributed by atoms with Gasteiger partial charge in [0.15, 0.2) is 0 Å². The van der Waals surface area contributed by atoms with Crippen LogP contribution < -0.4 is 5.73 Å². The summed E-state index contributed by atoms with van der Waals surface area (Å²) in [4.78, 5) is 14.7. The van der Waals surface area contributed by atoms with E-state index in [1.54, 1.807) is 12.3 Å². The molecule has 1 aromatic heterocycles. The highest BCUT2D eigenvalue weighted by Gasteiger charge is 2.09. The van der Waals surface area contributed by atoms with E-state index in [2.05, 4.69) is 4.98 Å². The molecule has 1 rings (SSSR count). The zero-order valence-electron chi connectivity index (χ0n) is 6.03. The summed E-state index contributed by atoms with van der Waals surface area (Å²) in [6.07, 6.45) is 0. The van der Waals surface area contributed by atoms with Crippen molar-refractivity contribution in [3.05, 3.63) is 10.4 Å². The predicted molar refractivity (Wildman–Crippen MR) is 42.5 cm³/mol. The van der Waals surface area contributed by atoms with E-state index in [0.29, 0.717) is 17.4 Å². The number of thiazole rings is 1. The molecule has 0 radical (unpaired) electrons. The highest BCUT2D eigenvalue weighted by atomic mass is 32.1. The lowest BCUT2D eigenvalue weighted by atomic mass is 10.7. The molecular formula is C6H8N2O2S. The van der Waals surface area contributed by atoms with Gasteiger partial charge in [0.1, 0.15) is 5.82 Å². The Labute approximate surface area is 68.0 Å². The number of nitrogens with two attached hydrogens (primary N) is 1. The Bertz CT molecular complexity index is 259. The monoisotopic (exact) mass is 172 g/mol. The molecule has 2 N–H and O–H groups in total. The molecule has 0 aliphatic heterocycles. The number of carbonyl (C=O) groups is 1. The van der Waals surface area contributed by atoms with Gasteiger partial charge < -0.3 is 10.5 Å². The molecule has 60 valence electrons. The average Bonchev–Trinajstić information content (AvgIpc) is 2.36. The Morgan fingerprint density at radius 3 is 3.09 bits per heavy atom. The van der Waals surface area contributed by atoms with Crippen molar-refractivity contribution in [3.8, 4) is 0 Å². The molecule has 11 heavy (non-hydrogen) atoms. The summed E-state index contributed by atoms with van der Waals surface area (Å²) < 4.78 is 4.69. The van der Waals surface area contributed by atoms with Crippen LogP contribution in [0.25, 0.3) is 0 Å². The van der Waals surface area contributed by atoms with Gasteiger partial charge in [-0.05, 0) is 6.92 Å². The summed E-state index contributed by atoms with van der Waals surface area (Å²) in [5.41, 5.74) is 5.30. The normalized spacial score (nSPS) is 9.55. The lowest BCUT2D eigenvalue weighted by Gasteiger charge is -1.94. The molecule has 0 spiro atoms. The third-order valence-corrected chi connectivity index (χ3v) is 1.81. The topological polar surface area (TPSA) is 65.2 Å². The second-order valence-corrected chi connectivity index (χ2v) is 2.66. The van der Waals surface area contributed by atoms with Crippen LogP contribution >= 0.6 is 11.3 Å². The summed E-state index contributed by atoms with van der Waals surface area (Å²) in [5, 5.41) is 1.91. The number of hydrogen-bond donors (Lipinski definition) is 1. The van der Waals surface area contributed by atoms with Crippen LogP contribution in [-0.4, -0.2) is 17.6 Å². The van der Waals surface area contributed by atoms with E-state index in [-0.39, 0.29) is 0 Å². The van der Waals surface area contributed by atoms with Gasteiger partial charge in [-0.15, -0.1) is 11.3 Å². The van der Waals surface area contributed by atoms with Crippen molar-refractivity contribution in [2.75, 3.05) is 12.3 Å². The molecule has 4 nitrogen and oxygen atoms in total. The number of carbonyl (C=O) groups excluding carboxylic acids is 1. The molecule has 0 aromatic carbocycles. The van der Waals surface area contributed by atoms with Crippen molar-refractivity contribution in [1.29, 1.82) is 0 Å². The van der Waals surface area contributed by atoms with Gasteiger partial charge in [-0.2, -0.15) is 0 Å². The van der Waals surface area contributed by atoms with Gasteiger partial charge in [-0.3, -0.25) is 0 Å². The van der Waals surface area contributed by atoms with E-state index in [1.807, 2.05) is 0 Å². The molecule has 0 bridgehead atoms. The van der Waals surface area contributed by atoms with Crippen LogP contribution in [-0.2, 0) is 4.74 Å². The van der Waals surface area contributed by atoms with E-state index in [0.717, 1.165) is 0 Å². The number of rotatable bonds is 2. The lowest BCUT2D eigenvalue weighted by Crippen LogP contribution is -2.03. The molecule has 0 aliphatic carbocycles. The predicted octanol–water partition coefficient (Wildman–Crippen LogP) is 0.902. The molecule has 0 saturated heterocycles. The van der Waals surface area contributed by atoms with Gasteiger partial charge in [0.25, 0.3) is 0 Å². The summed E-state index contributed by atoms with van der Waals surface area (Å²) in [7, 11) is 0. The maximum Gasteiger partial charge on any atom is 0.367 e. The fourth-order valence-electron chi connectivity index (χ4n) is 0.573. The van der Waals surface area contributed by atoms with E-state index in [9.17, 15) is 4.79 Å². The summed E-state index contributed by atoms with van der Waals surface area (Å²) in [6, 6.07) is 0. The van der Waals surface area contributed by atoms with E-state index >= 15 is 0 Å². The van der Waals surface area contributed by atoms with Crippen LogP contribution in [0.15, 0.2) is 5.38 Å². The van der Waals surface area contributed by atoms with Gasteiger partial charge in [-0.1, -0.05) is 0 Å². The van der Waals surface area contributed by atoms with Gasteiger partial charge >= 0.3 is 5.97 Å². The Kier molecular flexibility index (Phi) is 2.43. The van der Waals surface area contributed by atoms with Crippen molar-refractivity contribution in [2.45, 2.75) is 6.92 Å². The van der Waals surface area contributed by atoms with Crippen LogP contribution in [0.2, 0.25) is 0 Å². The van der Waals surface area contributed by atoms with Crippen LogP contribution in [0.5, 0.6) is 0 Å². The van der Waals surface area contributed by atoms with Gasteiger partial charge in [0, 0.05) is 5.38 Å². The maximum absolute atomic E-state index is 10.9. The second kappa shape index (κ2) is 3.34. The smallest absolute Gasteiger partial charge is 0.367 e. The molecule has 0 fully saturated rings. The summed E-state index contributed by atoms with van der Waals surface area (Å²) in [5.74, 6) is -0.0488. The number of aromatic nitrogens is 1. The second-order valence-electron chi connectivity index (χ2n) is 1.80. The number of anilines is 1. The zero-order chi connectivity index (χ0) is 8.27. The molecule has 0 aliphatic rings. The average molecular weight is 172 g/mol. The van der Waals surface area contributed by atoms with Crippen LogP contribution in [0.3, 0.4) is 0 Å². The molecular weight excluding hydrogens is 164 g/mol. The first kappa shape index (κ1) is 8.00. The minimum absolute atomic E-state index is 0.310. The largest absolute Gasteiger partial charge is 0.461 e. The van der Waals surface area contributed by atoms with E-state index < -0.39 is 5.97 Å². The van der Waals surface area contributed by atoms with Gasteiger partial charge in [0.2, 0.25) is 5.01 Å². The quantitative estimate of drug-likeness (QED) is 0.673. The first-order valence-electron chi connectivity index (χ1n) is 3.12. The molecule has 1 aromatic rings. The van der Waals surface area contributed by atoms with Gasteiger partial charge in [0.05, 0.1) is 6.61 Å². The standard InChI is InChI=1S/C6H8N2O2S/c1-2-10-6(9)5-8-4(7)3-11-5/h3H,2,7H2,1H3. The third-order valence-electron chi connectivity index (χ3n) is 0.972. The van der Waals surface area contributed by atoms with Crippen molar-refractivity contribution >= 4 is 23.1 Å². The Hall–Kier alpha value is -1.10. The first-order chi connectivity index (χ1) is 5.24. The highest BCUT2D eigenvalue weighted by Crippen LogP contribution is 2.11. The SMILES string of the molecule is CCOC(=O)c1nc(N)cs1. The highest BCUT2D eigenvalue weighted by molar-refractivity contribution is 7.11. The zero-order valence-corrected chi connectivity index (χ0v) is 6.85. The Morgan fingerprint density at radius 1 is 1.91 bits per heavy atom. The van der Waals surface area contributed by atoms with E-state index in [1.165, 1.54) is 11.3 Å². The van der Waals surface area contributed by atoms with Crippen molar-refractivity contribution in [1.82, 2.24) is 4.98 Å². The molecule has 0 saturated carbocycles. The molecule has 0 amide bonds. The first-order valence-corrected chi connectivity index (χ1v) is 4.00. The lowest BCUT2D eigenvalue weighted by molar-refractivity contribution is 0.0526. The molecule has 5 heteroatoms. The fourth-order valence-corrected chi connectivity index (χ4v) is 1.17. The number of ether oxygens (including phenoxy) is 1. The third kappa shape index (κ3) is 1.91. The summed E-state index contributed by atoms with van der Waals surface area (Å²) in [6.45, 7) is 2.10. The molecule has 1 heterocycles. The number of nitrogens with zero attached hydrogens (tertiary/aromatic N) is 1. The van der Waals surface area contributed by atoms with Gasteiger partial charge in [-0.25, -0.2) is 9.78 Å². The number of hydrogen-bond acceptors (Lipinski definition) is 5. The van der Waals surface area contributed by atoms with Crippen molar-refractivity contribution in [3.63, 3.8) is 0 Å². The molecule has 0 atom stereocenters. The molecule has 0 unspecified atom stereocenters. The van der Waals surface area contributed by atoms with Crippen LogP contribution in [0.4, 0.5) is 5.82 Å². The summed E-state index contributed by atoms with van der Waals surface area (Å²) >= 11 is 1.19. The maximum atomic E-state index is 10.9. The van der Waals surface area contributed by atoms with Crippen LogP contribution in [0, 0.1) is 0 Å².